The van der Waals surface area contributed by atoms with Gasteiger partial charge in [-0.1, -0.05) is 36.4 Å². The molecule has 1 aliphatic rings. The molecule has 1 N–H and O–H groups in total. The third kappa shape index (κ3) is 7.84. The fourth-order valence-electron chi connectivity index (χ4n) is 4.41. The van der Waals surface area contributed by atoms with Crippen LogP contribution in [0.4, 0.5) is 13.2 Å². The first-order valence-electron chi connectivity index (χ1n) is 12.0. The number of β-amino-alcohol motifs (C(OH)–C–C–N with tert-alkyl or cyclic N) is 1. The molecular weight excluding hydrogens is 469 g/mol. The van der Waals surface area contributed by atoms with E-state index in [0.29, 0.717) is 13.0 Å². The topological polar surface area (TPSA) is 26.7 Å². The zero-order valence-corrected chi connectivity index (χ0v) is 20.4. The number of thioether (sulfide) groups is 1. The quantitative estimate of drug-likeness (QED) is 0.417. The predicted molar refractivity (Wildman–Crippen MR) is 136 cm³/mol. The van der Waals surface area contributed by atoms with Gasteiger partial charge in [-0.3, -0.25) is 9.80 Å². The summed E-state index contributed by atoms with van der Waals surface area (Å²) in [6, 6.07) is 19.4. The van der Waals surface area contributed by atoms with Gasteiger partial charge in [0, 0.05) is 45.0 Å². The van der Waals surface area contributed by atoms with Crippen molar-refractivity contribution in [2.75, 3.05) is 45.0 Å². The zero-order valence-electron chi connectivity index (χ0n) is 19.6. The van der Waals surface area contributed by atoms with Crippen LogP contribution in [0.2, 0.25) is 0 Å². The van der Waals surface area contributed by atoms with E-state index >= 15 is 0 Å². The van der Waals surface area contributed by atoms with Gasteiger partial charge in [0.1, 0.15) is 17.5 Å². The van der Waals surface area contributed by atoms with Crippen molar-refractivity contribution in [1.82, 2.24) is 9.80 Å². The molecule has 1 heterocycles. The smallest absolute Gasteiger partial charge is 0.123 e. The number of halogens is 3. The summed E-state index contributed by atoms with van der Waals surface area (Å²) in [7, 11) is 0. The molecule has 1 atom stereocenters. The van der Waals surface area contributed by atoms with E-state index in [4.69, 9.17) is 0 Å². The lowest BCUT2D eigenvalue weighted by Gasteiger charge is -2.35. The van der Waals surface area contributed by atoms with Crippen molar-refractivity contribution in [3.05, 3.63) is 107 Å². The minimum absolute atomic E-state index is 0.0131. The molecule has 0 radical (unpaired) electrons. The van der Waals surface area contributed by atoms with Gasteiger partial charge in [0.25, 0.3) is 0 Å². The number of benzene rings is 3. The van der Waals surface area contributed by atoms with Gasteiger partial charge in [0.2, 0.25) is 0 Å². The minimum Gasteiger partial charge on any atom is -0.391 e. The van der Waals surface area contributed by atoms with E-state index < -0.39 is 6.10 Å². The molecule has 35 heavy (non-hydrogen) atoms. The maximum atomic E-state index is 13.4. The van der Waals surface area contributed by atoms with E-state index in [1.165, 1.54) is 36.4 Å². The average molecular weight is 501 g/mol. The predicted octanol–water partition coefficient (Wildman–Crippen LogP) is 5.15. The van der Waals surface area contributed by atoms with Crippen LogP contribution >= 0.6 is 11.8 Å². The van der Waals surface area contributed by atoms with Crippen molar-refractivity contribution in [3.63, 3.8) is 0 Å². The summed E-state index contributed by atoms with van der Waals surface area (Å²) in [6.45, 7) is 5.19. The first-order chi connectivity index (χ1) is 17.0. The van der Waals surface area contributed by atoms with Gasteiger partial charge < -0.3 is 5.11 Å². The van der Waals surface area contributed by atoms with Crippen LogP contribution in [0.5, 0.6) is 0 Å². The van der Waals surface area contributed by atoms with Crippen molar-refractivity contribution in [1.29, 1.82) is 0 Å². The molecule has 0 saturated carbocycles. The molecule has 0 bridgehead atoms. The fourth-order valence-corrected chi connectivity index (χ4v) is 5.71. The molecule has 3 aromatic carbocycles. The monoisotopic (exact) mass is 500 g/mol. The maximum absolute atomic E-state index is 13.4. The molecule has 0 amide bonds. The maximum Gasteiger partial charge on any atom is 0.123 e. The number of aliphatic hydroxyl groups is 1. The Hall–Kier alpha value is -2.32. The third-order valence-electron chi connectivity index (χ3n) is 6.36. The van der Waals surface area contributed by atoms with Crippen molar-refractivity contribution in [3.8, 4) is 0 Å². The average Bonchev–Trinajstić information content (AvgIpc) is 2.86. The van der Waals surface area contributed by atoms with Crippen LogP contribution in [-0.4, -0.2) is 66.0 Å². The Bertz CT molecular complexity index is 994. The highest BCUT2D eigenvalue weighted by molar-refractivity contribution is 7.99. The zero-order chi connectivity index (χ0) is 24.6. The van der Waals surface area contributed by atoms with Gasteiger partial charge in [0.05, 0.1) is 11.4 Å². The molecule has 3 aromatic rings. The summed E-state index contributed by atoms with van der Waals surface area (Å²) in [5, 5.41) is 10.5. The largest absolute Gasteiger partial charge is 0.391 e. The molecule has 0 spiro atoms. The van der Waals surface area contributed by atoms with Crippen LogP contribution in [0.15, 0.2) is 72.8 Å². The van der Waals surface area contributed by atoms with Crippen molar-refractivity contribution in [2.45, 2.75) is 17.8 Å². The van der Waals surface area contributed by atoms with E-state index in [2.05, 4.69) is 9.80 Å². The normalized spacial score (nSPS) is 16.0. The molecule has 1 fully saturated rings. The van der Waals surface area contributed by atoms with Gasteiger partial charge in [-0.2, -0.15) is 0 Å². The van der Waals surface area contributed by atoms with E-state index in [9.17, 15) is 18.3 Å². The lowest BCUT2D eigenvalue weighted by Crippen LogP contribution is -2.49. The molecular formula is C28H31F3N2OS. The first-order valence-corrected chi connectivity index (χ1v) is 13.0. The van der Waals surface area contributed by atoms with Crippen LogP contribution in [0.25, 0.3) is 0 Å². The molecule has 4 rings (SSSR count). The number of aliphatic hydroxyl groups excluding tert-OH is 1. The fraction of sp³-hybridized carbons (Fsp3) is 0.357. The summed E-state index contributed by atoms with van der Waals surface area (Å²) < 4.78 is 39.9. The highest BCUT2D eigenvalue weighted by Gasteiger charge is 2.21. The molecule has 0 aliphatic carbocycles. The Morgan fingerprint density at radius 1 is 0.686 bits per heavy atom. The number of hydrogen-bond acceptors (Lipinski definition) is 4. The Kier molecular flexibility index (Phi) is 9.26. The summed E-state index contributed by atoms with van der Waals surface area (Å²) >= 11 is 1.78. The summed E-state index contributed by atoms with van der Waals surface area (Å²) in [6.07, 6.45) is 0.0421. The molecule has 1 saturated heterocycles. The standard InChI is InChI=1S/C28H31F3N2OS/c29-24-7-1-21(2-8-24)19-27(34)20-33-15-13-32(14-16-33)17-18-35-28(22-3-9-25(30)10-4-22)23-5-11-26(31)12-6-23/h1-12,27-28,34H,13-20H2. The van der Waals surface area contributed by atoms with Crippen molar-refractivity contribution in [2.24, 2.45) is 0 Å². The van der Waals surface area contributed by atoms with Crippen LogP contribution in [-0.2, 0) is 6.42 Å². The number of rotatable bonds is 10. The Morgan fingerprint density at radius 3 is 1.66 bits per heavy atom. The van der Waals surface area contributed by atoms with Gasteiger partial charge in [-0.25, -0.2) is 13.2 Å². The van der Waals surface area contributed by atoms with Crippen molar-refractivity contribution >= 4 is 11.8 Å². The summed E-state index contributed by atoms with van der Waals surface area (Å²) in [4.78, 5) is 4.69. The van der Waals surface area contributed by atoms with Crippen LogP contribution < -0.4 is 0 Å². The number of hydrogen-bond donors (Lipinski definition) is 1. The van der Waals surface area contributed by atoms with Gasteiger partial charge in [0.15, 0.2) is 0 Å². The van der Waals surface area contributed by atoms with Gasteiger partial charge >= 0.3 is 0 Å². The van der Waals surface area contributed by atoms with E-state index in [-0.39, 0.29) is 22.7 Å². The van der Waals surface area contributed by atoms with Crippen LogP contribution in [0.3, 0.4) is 0 Å². The molecule has 1 unspecified atom stereocenters. The van der Waals surface area contributed by atoms with Gasteiger partial charge in [-0.15, -0.1) is 11.8 Å². The van der Waals surface area contributed by atoms with E-state index in [1.807, 2.05) is 0 Å². The lowest BCUT2D eigenvalue weighted by molar-refractivity contribution is 0.0750. The molecule has 7 heteroatoms. The number of nitrogens with zero attached hydrogens (tertiary/aromatic N) is 2. The van der Waals surface area contributed by atoms with Gasteiger partial charge in [-0.05, 0) is 59.5 Å². The molecule has 1 aliphatic heterocycles. The van der Waals surface area contributed by atoms with Crippen LogP contribution in [0, 0.1) is 17.5 Å². The Labute approximate surface area is 209 Å². The van der Waals surface area contributed by atoms with E-state index in [0.717, 1.165) is 55.2 Å². The Balaban J connectivity index is 1.23. The second-order valence-electron chi connectivity index (χ2n) is 8.98. The first kappa shape index (κ1) is 25.8. The number of piperazine rings is 1. The third-order valence-corrected chi connectivity index (χ3v) is 7.65. The van der Waals surface area contributed by atoms with Crippen LogP contribution in [0.1, 0.15) is 21.9 Å². The SMILES string of the molecule is OC(Cc1ccc(F)cc1)CN1CCN(CCSC(c2ccc(F)cc2)c2ccc(F)cc2)CC1. The highest BCUT2D eigenvalue weighted by Crippen LogP contribution is 2.35. The second-order valence-corrected chi connectivity index (χ2v) is 10.2. The van der Waals surface area contributed by atoms with E-state index in [1.54, 1.807) is 48.2 Å². The molecule has 3 nitrogen and oxygen atoms in total. The van der Waals surface area contributed by atoms with Crippen molar-refractivity contribution < 1.29 is 18.3 Å². The Morgan fingerprint density at radius 2 is 1.14 bits per heavy atom. The molecule has 0 aromatic heterocycles. The lowest BCUT2D eigenvalue weighted by atomic mass is 10.0. The molecule has 186 valence electrons. The minimum atomic E-state index is -0.477. The second kappa shape index (κ2) is 12.6. The summed E-state index contributed by atoms with van der Waals surface area (Å²) in [5.41, 5.74) is 2.94. The summed E-state index contributed by atoms with van der Waals surface area (Å²) in [5.74, 6) is 0.0979. The highest BCUT2D eigenvalue weighted by atomic mass is 32.2.